The highest BCUT2D eigenvalue weighted by Crippen LogP contribution is 2.37. The number of nitrogens with two attached hydrogens (primary N) is 1. The van der Waals surface area contributed by atoms with Crippen LogP contribution in [0.15, 0.2) is 16.6 Å². The van der Waals surface area contributed by atoms with Gasteiger partial charge in [0.2, 0.25) is 5.82 Å². The van der Waals surface area contributed by atoms with E-state index < -0.39 is 20.3 Å². The fourth-order valence-corrected chi connectivity index (χ4v) is 3.84. The fraction of sp³-hybridized carbons (Fsp3) is 0.562. The van der Waals surface area contributed by atoms with E-state index >= 15 is 0 Å². The molecule has 1 heterocycles. The second-order valence-corrected chi connectivity index (χ2v) is 13.2. The second kappa shape index (κ2) is 6.59. The molecule has 0 spiro atoms. The molecule has 0 bridgehead atoms. The third-order valence-electron chi connectivity index (χ3n) is 4.67. The molecule has 0 atom stereocenters. The Morgan fingerprint density at radius 3 is 2.36 bits per heavy atom. The standard InChI is InChI=1S/C16H23BrF3N3OSi/c1-15(2,3)25(4,5)24-7-6-23-12-9-10(21)8-11(17)13(12)22-14(23)16(18,19)20/h8-9H,6-7,21H2,1-5H3. The summed E-state index contributed by atoms with van der Waals surface area (Å²) in [5.41, 5.74) is 6.75. The number of hydrogen-bond acceptors (Lipinski definition) is 3. The molecule has 140 valence electrons. The van der Waals surface area contributed by atoms with Crippen molar-refractivity contribution in [3.63, 3.8) is 0 Å². The molecule has 2 aromatic rings. The lowest BCUT2D eigenvalue weighted by atomic mass is 10.2. The van der Waals surface area contributed by atoms with Crippen molar-refractivity contribution in [2.75, 3.05) is 12.3 Å². The Hall–Kier alpha value is -1.06. The van der Waals surface area contributed by atoms with Gasteiger partial charge in [-0.1, -0.05) is 20.8 Å². The molecule has 0 aliphatic heterocycles. The first-order chi connectivity index (χ1) is 11.2. The van der Waals surface area contributed by atoms with Crippen molar-refractivity contribution in [2.45, 2.75) is 51.6 Å². The summed E-state index contributed by atoms with van der Waals surface area (Å²) in [4.78, 5) is 3.78. The summed E-state index contributed by atoms with van der Waals surface area (Å²) >= 11 is 3.24. The summed E-state index contributed by atoms with van der Waals surface area (Å²) in [5.74, 6) is -0.937. The van der Waals surface area contributed by atoms with Crippen LogP contribution in [0, 0.1) is 0 Å². The SMILES string of the molecule is CC(C)(C)[Si](C)(C)OCCn1c(C(F)(F)F)nc2c(Br)cc(N)cc21. The minimum atomic E-state index is -4.55. The summed E-state index contributed by atoms with van der Waals surface area (Å²) < 4.78 is 47.8. The molecule has 0 saturated carbocycles. The summed E-state index contributed by atoms with van der Waals surface area (Å²) in [5, 5.41) is -0.00960. The quantitative estimate of drug-likeness (QED) is 0.512. The zero-order valence-electron chi connectivity index (χ0n) is 15.0. The number of aromatic nitrogens is 2. The van der Waals surface area contributed by atoms with Gasteiger partial charge in [0.1, 0.15) is 5.52 Å². The molecular formula is C16H23BrF3N3OSi. The van der Waals surface area contributed by atoms with E-state index in [9.17, 15) is 13.2 Å². The van der Waals surface area contributed by atoms with Crippen LogP contribution in [0.1, 0.15) is 26.6 Å². The number of nitrogens with zero attached hydrogens (tertiary/aromatic N) is 2. The van der Waals surface area contributed by atoms with Gasteiger partial charge >= 0.3 is 6.18 Å². The van der Waals surface area contributed by atoms with E-state index in [1.807, 2.05) is 0 Å². The van der Waals surface area contributed by atoms with Crippen molar-refractivity contribution >= 4 is 41.0 Å². The number of nitrogen functional groups attached to an aromatic ring is 1. The maximum absolute atomic E-state index is 13.4. The highest BCUT2D eigenvalue weighted by molar-refractivity contribution is 9.10. The first-order valence-electron chi connectivity index (χ1n) is 7.90. The molecule has 2 rings (SSSR count). The van der Waals surface area contributed by atoms with Gasteiger partial charge in [-0.15, -0.1) is 0 Å². The minimum Gasteiger partial charge on any atom is -0.415 e. The van der Waals surface area contributed by atoms with E-state index in [0.29, 0.717) is 15.7 Å². The van der Waals surface area contributed by atoms with Crippen LogP contribution in [0.5, 0.6) is 0 Å². The van der Waals surface area contributed by atoms with Crippen molar-refractivity contribution in [3.05, 3.63) is 22.4 Å². The molecule has 1 aromatic carbocycles. The summed E-state index contributed by atoms with van der Waals surface area (Å²) in [7, 11) is -2.04. The lowest BCUT2D eigenvalue weighted by Gasteiger charge is -2.36. The number of imidazole rings is 1. The average Bonchev–Trinajstić information content (AvgIpc) is 2.76. The van der Waals surface area contributed by atoms with Crippen molar-refractivity contribution < 1.29 is 17.6 Å². The number of anilines is 1. The van der Waals surface area contributed by atoms with Gasteiger partial charge in [0.15, 0.2) is 8.32 Å². The Labute approximate surface area is 154 Å². The smallest absolute Gasteiger partial charge is 0.415 e. The average molecular weight is 438 g/mol. The Bertz CT molecular complexity index is 781. The topological polar surface area (TPSA) is 53.1 Å². The molecule has 0 amide bonds. The van der Waals surface area contributed by atoms with Crippen LogP contribution < -0.4 is 5.73 Å². The summed E-state index contributed by atoms with van der Waals surface area (Å²) in [6.07, 6.45) is -4.55. The maximum Gasteiger partial charge on any atom is 0.449 e. The first-order valence-corrected chi connectivity index (χ1v) is 11.6. The number of rotatable bonds is 4. The van der Waals surface area contributed by atoms with Crippen LogP contribution in [0.3, 0.4) is 0 Å². The van der Waals surface area contributed by atoms with Crippen LogP contribution in [-0.4, -0.2) is 24.5 Å². The fourth-order valence-electron chi connectivity index (χ4n) is 2.25. The normalized spacial score (nSPS) is 13.6. The van der Waals surface area contributed by atoms with E-state index in [4.69, 9.17) is 10.2 Å². The molecule has 1 aromatic heterocycles. The molecule has 4 nitrogen and oxygen atoms in total. The van der Waals surface area contributed by atoms with Gasteiger partial charge in [-0.25, -0.2) is 4.98 Å². The molecule has 0 unspecified atom stereocenters. The van der Waals surface area contributed by atoms with Gasteiger partial charge in [-0.3, -0.25) is 0 Å². The number of fused-ring (bicyclic) bond motifs is 1. The van der Waals surface area contributed by atoms with Gasteiger partial charge in [-0.05, 0) is 46.2 Å². The number of hydrogen-bond donors (Lipinski definition) is 1. The summed E-state index contributed by atoms with van der Waals surface area (Å²) in [6.45, 7) is 10.7. The predicted octanol–water partition coefficient (Wildman–Crippen LogP) is 5.42. The molecule has 25 heavy (non-hydrogen) atoms. The third-order valence-corrected chi connectivity index (χ3v) is 9.81. The van der Waals surface area contributed by atoms with E-state index in [2.05, 4.69) is 54.8 Å². The van der Waals surface area contributed by atoms with Gasteiger partial charge in [0, 0.05) is 16.7 Å². The highest BCUT2D eigenvalue weighted by atomic mass is 79.9. The maximum atomic E-state index is 13.4. The number of alkyl halides is 3. The minimum absolute atomic E-state index is 0.00960. The lowest BCUT2D eigenvalue weighted by Crippen LogP contribution is -2.41. The monoisotopic (exact) mass is 437 g/mol. The van der Waals surface area contributed by atoms with Crippen LogP contribution in [-0.2, 0) is 17.1 Å². The molecule has 0 aliphatic rings. The van der Waals surface area contributed by atoms with Crippen molar-refractivity contribution in [1.82, 2.24) is 9.55 Å². The predicted molar refractivity (Wildman–Crippen MR) is 100.0 cm³/mol. The van der Waals surface area contributed by atoms with Gasteiger partial charge in [-0.2, -0.15) is 13.2 Å². The number of halogens is 4. The zero-order valence-corrected chi connectivity index (χ0v) is 17.5. The van der Waals surface area contributed by atoms with E-state index in [1.54, 1.807) is 6.07 Å². The number of benzene rings is 1. The van der Waals surface area contributed by atoms with Crippen molar-refractivity contribution in [1.29, 1.82) is 0 Å². The van der Waals surface area contributed by atoms with Crippen LogP contribution in [0.2, 0.25) is 18.1 Å². The van der Waals surface area contributed by atoms with Crippen molar-refractivity contribution in [2.24, 2.45) is 0 Å². The van der Waals surface area contributed by atoms with Gasteiger partial charge in [0.05, 0.1) is 12.1 Å². The molecule has 2 N–H and O–H groups in total. The van der Waals surface area contributed by atoms with Gasteiger partial charge < -0.3 is 14.7 Å². The Morgan fingerprint density at radius 2 is 1.84 bits per heavy atom. The van der Waals surface area contributed by atoms with Crippen LogP contribution in [0.25, 0.3) is 11.0 Å². The Balaban J connectivity index is 2.39. The van der Waals surface area contributed by atoms with Crippen LogP contribution in [0.4, 0.5) is 18.9 Å². The van der Waals surface area contributed by atoms with E-state index in [1.165, 1.54) is 6.07 Å². The molecule has 0 radical (unpaired) electrons. The molecule has 9 heteroatoms. The Kier molecular flexibility index (Phi) is 5.34. The van der Waals surface area contributed by atoms with E-state index in [-0.39, 0.29) is 23.7 Å². The van der Waals surface area contributed by atoms with Crippen molar-refractivity contribution in [3.8, 4) is 0 Å². The molecule has 0 saturated heterocycles. The Morgan fingerprint density at radius 1 is 1.24 bits per heavy atom. The lowest BCUT2D eigenvalue weighted by molar-refractivity contribution is -0.147. The second-order valence-electron chi connectivity index (χ2n) is 7.56. The summed E-state index contributed by atoms with van der Waals surface area (Å²) in [6, 6.07) is 3.06. The largest absolute Gasteiger partial charge is 0.449 e. The van der Waals surface area contributed by atoms with Gasteiger partial charge in [0.25, 0.3) is 0 Å². The molecular weight excluding hydrogens is 415 g/mol. The molecule has 0 aliphatic carbocycles. The zero-order chi connectivity index (χ0) is 19.2. The highest BCUT2D eigenvalue weighted by Gasteiger charge is 2.39. The van der Waals surface area contributed by atoms with Crippen LogP contribution >= 0.6 is 15.9 Å². The first kappa shape index (κ1) is 20.3. The molecule has 0 fully saturated rings. The van der Waals surface area contributed by atoms with E-state index in [0.717, 1.165) is 4.57 Å². The third kappa shape index (κ3) is 4.20.